The van der Waals surface area contributed by atoms with Crippen LogP contribution in [0.1, 0.15) is 126 Å². The van der Waals surface area contributed by atoms with Gasteiger partial charge in [-0.1, -0.05) is 67.0 Å². The van der Waals surface area contributed by atoms with Gasteiger partial charge in [0.25, 0.3) is 0 Å². The zero-order valence-corrected chi connectivity index (χ0v) is 33.2. The van der Waals surface area contributed by atoms with Gasteiger partial charge in [0.2, 0.25) is 5.91 Å². The molecular formula is C41H73N3O4. The third kappa shape index (κ3) is 12.4. The van der Waals surface area contributed by atoms with Gasteiger partial charge in [-0.25, -0.2) is 0 Å². The highest BCUT2D eigenvalue weighted by molar-refractivity contribution is 5.73. The summed E-state index contributed by atoms with van der Waals surface area (Å²) >= 11 is 0. The number of aliphatic hydroxyl groups excluding tert-OH is 1. The maximum atomic E-state index is 11.5. The molecule has 0 spiro atoms. The maximum absolute atomic E-state index is 11.5. The van der Waals surface area contributed by atoms with E-state index < -0.39 is 0 Å². The van der Waals surface area contributed by atoms with Crippen molar-refractivity contribution in [3.8, 4) is 5.75 Å². The number of carbonyl (C=O) groups excluding carboxylic acids is 2. The molecule has 276 valence electrons. The molecule has 3 aliphatic carbocycles. The number of aldehydes is 1. The summed E-state index contributed by atoms with van der Waals surface area (Å²) < 4.78 is 5.89. The van der Waals surface area contributed by atoms with Gasteiger partial charge >= 0.3 is 0 Å². The first-order valence-electron chi connectivity index (χ1n) is 18.8. The number of aromatic nitrogens is 1. The van der Waals surface area contributed by atoms with E-state index in [0.29, 0.717) is 24.4 Å². The summed E-state index contributed by atoms with van der Waals surface area (Å²) in [7, 11) is 6.09. The van der Waals surface area contributed by atoms with Gasteiger partial charge in [0.05, 0.1) is 12.8 Å². The number of pyridine rings is 1. The van der Waals surface area contributed by atoms with E-state index in [1.165, 1.54) is 36.0 Å². The smallest absolute Gasteiger partial charge is 0.219 e. The molecule has 2 fully saturated rings. The largest absolute Gasteiger partial charge is 0.492 e. The number of hydrogen-bond donors (Lipinski definition) is 1. The molecule has 0 saturated heterocycles. The Morgan fingerprint density at radius 1 is 1.04 bits per heavy atom. The normalized spacial score (nSPS) is 25.9. The number of fused-ring (bicyclic) bond motifs is 3. The molecular weight excluding hydrogens is 598 g/mol. The molecule has 3 aliphatic rings. The molecule has 1 amide bonds. The number of rotatable bonds is 10. The summed E-state index contributed by atoms with van der Waals surface area (Å²) in [6.45, 7) is 23.4. The van der Waals surface area contributed by atoms with E-state index >= 15 is 0 Å². The van der Waals surface area contributed by atoms with E-state index in [1.54, 1.807) is 18.9 Å². The lowest BCUT2D eigenvalue weighted by Gasteiger charge is -2.57. The topological polar surface area (TPSA) is 83.0 Å². The molecule has 7 nitrogen and oxygen atoms in total. The minimum atomic E-state index is 0.119. The molecule has 0 aromatic carbocycles. The number of ether oxygens (including phenoxy) is 1. The lowest BCUT2D eigenvalue weighted by molar-refractivity contribution is -0.127. The molecule has 0 bridgehead atoms. The van der Waals surface area contributed by atoms with Crippen molar-refractivity contribution in [2.75, 3.05) is 47.4 Å². The van der Waals surface area contributed by atoms with Gasteiger partial charge in [-0.2, -0.15) is 0 Å². The van der Waals surface area contributed by atoms with Gasteiger partial charge < -0.3 is 19.6 Å². The fraction of sp³-hybridized carbons (Fsp3) is 0.732. The summed E-state index contributed by atoms with van der Waals surface area (Å²) in [5.74, 6) is 3.04. The van der Waals surface area contributed by atoms with Crippen molar-refractivity contribution < 1.29 is 19.4 Å². The van der Waals surface area contributed by atoms with Crippen LogP contribution >= 0.6 is 0 Å². The SMILES string of the molecule is CC.CC.CCCO.CCCOc1cncc(C2=CC[C@H]3C4CC/C(=C/C=O)C(C)(CCN(C)C)C4CCC23C)c1.CCN(C)C(C)=O. The van der Waals surface area contributed by atoms with Crippen LogP contribution in [0.25, 0.3) is 5.57 Å². The minimum Gasteiger partial charge on any atom is -0.492 e. The molecule has 1 aromatic rings. The standard InChI is InChI=1S/C29H42N2O2.C5H11NO.C3H8O.2C2H6/c1-6-17-33-23-18-21(19-30-20-23)25-9-10-26-24-8-7-22(12-16-32)28(2,14-15-31(4)5)27(24)11-13-29(25,26)3;1-4-6(3)5(2)7;1-2-3-4;2*1-2/h9,12,16,18-20,24,26-27H,6-8,10-11,13-15,17H2,1-5H3;4H2,1-3H3;4H,2-3H2,1H3;2*1-2H3/b22-12-;;;;/t24?,26-,27?,28?,29?;;;;/m0..../s1. The van der Waals surface area contributed by atoms with Gasteiger partial charge in [-0.15, -0.1) is 0 Å². The van der Waals surface area contributed by atoms with Crippen LogP contribution in [0.3, 0.4) is 0 Å². The zero-order chi connectivity index (χ0) is 36.9. The van der Waals surface area contributed by atoms with Gasteiger partial charge in [0, 0.05) is 33.3 Å². The van der Waals surface area contributed by atoms with Crippen LogP contribution in [0.5, 0.6) is 5.75 Å². The molecule has 2 saturated carbocycles. The summed E-state index contributed by atoms with van der Waals surface area (Å²) in [4.78, 5) is 30.2. The quantitative estimate of drug-likeness (QED) is 0.197. The van der Waals surface area contributed by atoms with Crippen molar-refractivity contribution in [2.45, 2.75) is 121 Å². The Morgan fingerprint density at radius 2 is 1.69 bits per heavy atom. The zero-order valence-electron chi connectivity index (χ0n) is 33.2. The third-order valence-electron chi connectivity index (χ3n) is 10.4. The first-order valence-corrected chi connectivity index (χ1v) is 18.8. The van der Waals surface area contributed by atoms with Crippen LogP contribution in [0.4, 0.5) is 0 Å². The lowest BCUT2D eigenvalue weighted by atomic mass is 9.47. The minimum absolute atomic E-state index is 0.119. The Hall–Kier alpha value is -2.51. The summed E-state index contributed by atoms with van der Waals surface area (Å²) in [6, 6.07) is 2.20. The fourth-order valence-electron chi connectivity index (χ4n) is 7.59. The highest BCUT2D eigenvalue weighted by atomic mass is 16.5. The monoisotopic (exact) mass is 672 g/mol. The molecule has 0 radical (unpaired) electrons. The van der Waals surface area contributed by atoms with Gasteiger partial charge in [-0.3, -0.25) is 14.6 Å². The second-order valence-corrected chi connectivity index (χ2v) is 13.5. The summed E-state index contributed by atoms with van der Waals surface area (Å²) in [5.41, 5.74) is 4.42. The van der Waals surface area contributed by atoms with E-state index in [1.807, 2.05) is 60.0 Å². The van der Waals surface area contributed by atoms with Crippen molar-refractivity contribution >= 4 is 17.8 Å². The van der Waals surface area contributed by atoms with Crippen LogP contribution in [-0.4, -0.2) is 79.5 Å². The van der Waals surface area contributed by atoms with E-state index in [-0.39, 0.29) is 16.7 Å². The molecule has 5 atom stereocenters. The molecule has 48 heavy (non-hydrogen) atoms. The molecule has 1 N–H and O–H groups in total. The van der Waals surface area contributed by atoms with E-state index in [9.17, 15) is 9.59 Å². The van der Waals surface area contributed by atoms with Crippen LogP contribution in [0.2, 0.25) is 0 Å². The Kier molecular flexibility index (Phi) is 22.5. The second-order valence-electron chi connectivity index (χ2n) is 13.5. The molecule has 1 heterocycles. The molecule has 0 aliphatic heterocycles. The Balaban J connectivity index is 0.00000125. The fourth-order valence-corrected chi connectivity index (χ4v) is 7.59. The first kappa shape index (κ1) is 45.5. The Bertz CT molecular complexity index is 1110. The average Bonchev–Trinajstić information content (AvgIpc) is 3.47. The van der Waals surface area contributed by atoms with Crippen LogP contribution < -0.4 is 4.74 Å². The third-order valence-corrected chi connectivity index (χ3v) is 10.4. The highest BCUT2D eigenvalue weighted by Gasteiger charge is 2.56. The van der Waals surface area contributed by atoms with E-state index in [0.717, 1.165) is 63.8 Å². The lowest BCUT2D eigenvalue weighted by Crippen LogP contribution is -2.49. The second kappa shape index (κ2) is 23.8. The van der Waals surface area contributed by atoms with Gasteiger partial charge in [0.15, 0.2) is 0 Å². The highest BCUT2D eigenvalue weighted by Crippen LogP contribution is 2.66. The van der Waals surface area contributed by atoms with Crippen molar-refractivity contribution in [1.82, 2.24) is 14.8 Å². The predicted octanol–water partition coefficient (Wildman–Crippen LogP) is 9.11. The van der Waals surface area contributed by atoms with Crippen molar-refractivity contribution in [3.05, 3.63) is 41.7 Å². The summed E-state index contributed by atoms with van der Waals surface area (Å²) in [5, 5.41) is 7.88. The number of aliphatic hydroxyl groups is 1. The van der Waals surface area contributed by atoms with Crippen molar-refractivity contribution in [3.63, 3.8) is 0 Å². The molecule has 1 aromatic heterocycles. The van der Waals surface area contributed by atoms with Crippen molar-refractivity contribution in [2.24, 2.45) is 28.6 Å². The Morgan fingerprint density at radius 3 is 2.19 bits per heavy atom. The van der Waals surface area contributed by atoms with Crippen LogP contribution in [0.15, 0.2) is 36.2 Å². The van der Waals surface area contributed by atoms with Gasteiger partial charge in [0.1, 0.15) is 12.0 Å². The van der Waals surface area contributed by atoms with E-state index in [2.05, 4.69) is 56.9 Å². The molecule has 7 heteroatoms. The number of amides is 1. The predicted molar refractivity (Wildman–Crippen MR) is 204 cm³/mol. The van der Waals surface area contributed by atoms with Gasteiger partial charge in [-0.05, 0) is 131 Å². The average molecular weight is 672 g/mol. The molecule has 4 unspecified atom stereocenters. The summed E-state index contributed by atoms with van der Waals surface area (Å²) in [6.07, 6.45) is 18.2. The molecule has 4 rings (SSSR count). The van der Waals surface area contributed by atoms with Crippen molar-refractivity contribution in [1.29, 1.82) is 0 Å². The number of allylic oxidation sites excluding steroid dienone is 4. The van der Waals surface area contributed by atoms with Crippen LogP contribution in [-0.2, 0) is 9.59 Å². The Labute approximate surface area is 295 Å². The maximum Gasteiger partial charge on any atom is 0.219 e. The van der Waals surface area contributed by atoms with E-state index in [4.69, 9.17) is 9.84 Å². The first-order chi connectivity index (χ1) is 22.9. The number of nitrogens with zero attached hydrogens (tertiary/aromatic N) is 3. The van der Waals surface area contributed by atoms with Crippen LogP contribution in [0, 0.1) is 28.6 Å². The number of carbonyl (C=O) groups is 2. The number of hydrogen-bond acceptors (Lipinski definition) is 6.